The van der Waals surface area contributed by atoms with Gasteiger partial charge in [0.15, 0.2) is 0 Å². The molecule has 0 saturated carbocycles. The summed E-state index contributed by atoms with van der Waals surface area (Å²) >= 11 is 3.36. The third kappa shape index (κ3) is 3.86. The van der Waals surface area contributed by atoms with E-state index in [0.29, 0.717) is 10.2 Å². The second-order valence-corrected chi connectivity index (χ2v) is 8.19. The van der Waals surface area contributed by atoms with Gasteiger partial charge in [-0.1, -0.05) is 24.3 Å². The number of benzene rings is 3. The molecule has 4 aromatic rings. The minimum Gasteiger partial charge on any atom is -0.460 e. The number of hydrogen-bond donors (Lipinski definition) is 0. The van der Waals surface area contributed by atoms with E-state index in [0.717, 1.165) is 4.90 Å². The molecule has 0 bridgehead atoms. The molecule has 0 aliphatic carbocycles. The van der Waals surface area contributed by atoms with Crippen LogP contribution in [0.25, 0.3) is 11.0 Å². The van der Waals surface area contributed by atoms with Gasteiger partial charge in [-0.25, -0.2) is 4.79 Å². The number of fused-ring (bicyclic) bond motifs is 2. The number of nitrogens with zero attached hydrogens (tertiary/aromatic N) is 1. The zero-order valence-electron chi connectivity index (χ0n) is 17.3. The summed E-state index contributed by atoms with van der Waals surface area (Å²) in [6, 6.07) is 17.6. The molecule has 3 aromatic carbocycles. The first-order valence-electron chi connectivity index (χ1n) is 10.1. The fraction of sp³-hybridized carbons (Fsp3) is 0.0400. The van der Waals surface area contributed by atoms with Crippen molar-refractivity contribution in [3.63, 3.8) is 0 Å². The molecule has 0 saturated heterocycles. The molecule has 34 heavy (non-hydrogen) atoms. The smallest absolute Gasteiger partial charge is 0.331 e. The second kappa shape index (κ2) is 8.60. The fourth-order valence-electron chi connectivity index (χ4n) is 3.55. The van der Waals surface area contributed by atoms with Crippen LogP contribution in [0.5, 0.6) is 17.2 Å². The van der Waals surface area contributed by atoms with E-state index in [1.165, 1.54) is 36.6 Å². The second-order valence-electron chi connectivity index (χ2n) is 7.34. The van der Waals surface area contributed by atoms with Gasteiger partial charge in [0.25, 0.3) is 11.8 Å². The summed E-state index contributed by atoms with van der Waals surface area (Å²) in [5, 5.41) is 0.227. The van der Waals surface area contributed by atoms with E-state index >= 15 is 0 Å². The van der Waals surface area contributed by atoms with Gasteiger partial charge in [0, 0.05) is 6.07 Å². The molecule has 9 heteroatoms. The molecule has 1 aliphatic rings. The van der Waals surface area contributed by atoms with E-state index in [-0.39, 0.29) is 33.6 Å². The average Bonchev–Trinajstić information content (AvgIpc) is 3.07. The van der Waals surface area contributed by atoms with Crippen LogP contribution in [0.4, 0.5) is 0 Å². The standard InChI is InChI=1S/C25H14BrNO7/c26-18-7-3-4-8-19(18)34-21-13-32-20-11-14(9-10-17(20)23(21)29)33-22(28)12-27-24(30)15-5-1-2-6-16(15)25(27)31/h1-11,13H,12H2. The SMILES string of the molecule is O=C(CN1C(=O)c2ccccc2C1=O)Oc1ccc2c(=O)c(Oc3ccccc3Br)coc2c1. The maximum Gasteiger partial charge on any atom is 0.331 e. The van der Waals surface area contributed by atoms with Crippen LogP contribution < -0.4 is 14.9 Å². The zero-order valence-corrected chi connectivity index (χ0v) is 18.9. The van der Waals surface area contributed by atoms with Gasteiger partial charge in [-0.2, -0.15) is 0 Å². The molecule has 0 unspecified atom stereocenters. The van der Waals surface area contributed by atoms with Crippen molar-refractivity contribution in [2.45, 2.75) is 0 Å². The number of rotatable bonds is 5. The van der Waals surface area contributed by atoms with Gasteiger partial charge in [0.05, 0.1) is 21.0 Å². The van der Waals surface area contributed by atoms with Crippen molar-refractivity contribution in [3.05, 3.63) is 98.8 Å². The molecule has 0 radical (unpaired) electrons. The molecule has 0 fully saturated rings. The van der Waals surface area contributed by atoms with Gasteiger partial charge in [-0.05, 0) is 52.3 Å². The van der Waals surface area contributed by atoms with Gasteiger partial charge in [0.2, 0.25) is 11.2 Å². The zero-order chi connectivity index (χ0) is 23.8. The summed E-state index contributed by atoms with van der Waals surface area (Å²) in [7, 11) is 0. The molecule has 0 atom stereocenters. The van der Waals surface area contributed by atoms with Gasteiger partial charge in [0.1, 0.15) is 29.9 Å². The third-order valence-corrected chi connectivity index (χ3v) is 5.82. The summed E-state index contributed by atoms with van der Waals surface area (Å²) in [5.74, 6) is -1.39. The first-order chi connectivity index (χ1) is 16.4. The minimum atomic E-state index is -0.815. The highest BCUT2D eigenvalue weighted by Crippen LogP contribution is 2.29. The van der Waals surface area contributed by atoms with Crippen LogP contribution in [0, 0.1) is 0 Å². The molecular weight excluding hydrogens is 506 g/mol. The molecule has 5 rings (SSSR count). The summed E-state index contributed by atoms with van der Waals surface area (Å²) in [5.41, 5.74) is 0.262. The molecular formula is C25H14BrNO7. The summed E-state index contributed by atoms with van der Waals surface area (Å²) < 4.78 is 17.1. The van der Waals surface area contributed by atoms with Crippen LogP contribution >= 0.6 is 15.9 Å². The van der Waals surface area contributed by atoms with E-state index in [4.69, 9.17) is 13.9 Å². The van der Waals surface area contributed by atoms with Crippen molar-refractivity contribution in [3.8, 4) is 17.2 Å². The lowest BCUT2D eigenvalue weighted by Gasteiger charge is -2.13. The van der Waals surface area contributed by atoms with Crippen LogP contribution in [0.3, 0.4) is 0 Å². The van der Waals surface area contributed by atoms with Crippen molar-refractivity contribution < 1.29 is 28.3 Å². The van der Waals surface area contributed by atoms with E-state index in [1.807, 2.05) is 6.07 Å². The molecule has 8 nitrogen and oxygen atoms in total. The van der Waals surface area contributed by atoms with Gasteiger partial charge in [-0.3, -0.25) is 19.3 Å². The van der Waals surface area contributed by atoms with Gasteiger partial charge < -0.3 is 13.9 Å². The van der Waals surface area contributed by atoms with E-state index in [9.17, 15) is 19.2 Å². The predicted molar refractivity (Wildman–Crippen MR) is 124 cm³/mol. The molecule has 2 amide bonds. The van der Waals surface area contributed by atoms with E-state index < -0.39 is 29.8 Å². The Bertz CT molecular complexity index is 1510. The van der Waals surface area contributed by atoms with Crippen LogP contribution in [-0.4, -0.2) is 29.2 Å². The lowest BCUT2D eigenvalue weighted by atomic mass is 10.1. The number of para-hydroxylation sites is 1. The van der Waals surface area contributed by atoms with E-state index in [1.54, 1.807) is 30.3 Å². The first kappa shape index (κ1) is 21.6. The first-order valence-corrected chi connectivity index (χ1v) is 10.9. The average molecular weight is 520 g/mol. The molecule has 1 aliphatic heterocycles. The number of hydrogen-bond acceptors (Lipinski definition) is 7. The Morgan fingerprint density at radius 2 is 1.56 bits per heavy atom. The Morgan fingerprint density at radius 1 is 0.882 bits per heavy atom. The van der Waals surface area contributed by atoms with Crippen molar-refractivity contribution in [1.82, 2.24) is 4.90 Å². The normalized spacial score (nSPS) is 12.7. The van der Waals surface area contributed by atoms with Crippen molar-refractivity contribution >= 4 is 44.7 Å². The maximum absolute atomic E-state index is 12.8. The molecule has 0 N–H and O–H groups in total. The Kier molecular flexibility index (Phi) is 5.46. The number of imide groups is 1. The number of ether oxygens (including phenoxy) is 2. The monoisotopic (exact) mass is 519 g/mol. The summed E-state index contributed by atoms with van der Waals surface area (Å²) in [6.45, 7) is -0.549. The van der Waals surface area contributed by atoms with Crippen molar-refractivity contribution in [2.24, 2.45) is 0 Å². The number of carbonyl (C=O) groups excluding carboxylic acids is 3. The lowest BCUT2D eigenvalue weighted by Crippen LogP contribution is -2.36. The quantitative estimate of drug-likeness (QED) is 0.216. The Balaban J connectivity index is 1.33. The maximum atomic E-state index is 12.8. The Morgan fingerprint density at radius 3 is 2.26 bits per heavy atom. The molecule has 1 aromatic heterocycles. The number of halogens is 1. The number of esters is 1. The van der Waals surface area contributed by atoms with Crippen LogP contribution in [0.2, 0.25) is 0 Å². The Hall–Kier alpha value is -4.24. The van der Waals surface area contributed by atoms with Crippen molar-refractivity contribution in [1.29, 1.82) is 0 Å². The van der Waals surface area contributed by atoms with Crippen LogP contribution in [0.1, 0.15) is 20.7 Å². The molecule has 2 heterocycles. The highest BCUT2D eigenvalue weighted by atomic mass is 79.9. The Labute approximate surface area is 200 Å². The topological polar surface area (TPSA) is 103 Å². The number of amides is 2. The van der Waals surface area contributed by atoms with Crippen LogP contribution in [-0.2, 0) is 4.79 Å². The molecule has 0 spiro atoms. The fourth-order valence-corrected chi connectivity index (χ4v) is 3.91. The van der Waals surface area contributed by atoms with Crippen molar-refractivity contribution in [2.75, 3.05) is 6.54 Å². The summed E-state index contributed by atoms with van der Waals surface area (Å²) in [4.78, 5) is 50.9. The van der Waals surface area contributed by atoms with Gasteiger partial charge in [-0.15, -0.1) is 0 Å². The minimum absolute atomic E-state index is 0.00484. The third-order valence-electron chi connectivity index (χ3n) is 5.17. The van der Waals surface area contributed by atoms with E-state index in [2.05, 4.69) is 15.9 Å². The lowest BCUT2D eigenvalue weighted by molar-refractivity contribution is -0.134. The summed E-state index contributed by atoms with van der Waals surface area (Å²) in [6.07, 6.45) is 1.18. The number of carbonyl (C=O) groups is 3. The predicted octanol–water partition coefficient (Wildman–Crippen LogP) is 4.55. The highest BCUT2D eigenvalue weighted by molar-refractivity contribution is 9.10. The highest BCUT2D eigenvalue weighted by Gasteiger charge is 2.36. The largest absolute Gasteiger partial charge is 0.460 e. The molecule has 168 valence electrons. The van der Waals surface area contributed by atoms with Crippen LogP contribution in [0.15, 0.2) is 86.7 Å². The van der Waals surface area contributed by atoms with Gasteiger partial charge >= 0.3 is 5.97 Å².